The molecule has 178 valence electrons. The molecule has 0 aliphatic heterocycles. The van der Waals surface area contributed by atoms with Crippen LogP contribution in [0.5, 0.6) is 11.8 Å². The monoisotopic (exact) mass is 495 g/mol. The third kappa shape index (κ3) is 5.39. The number of para-hydroxylation sites is 1. The molecule has 1 amide bonds. The highest BCUT2D eigenvalue weighted by Gasteiger charge is 2.15. The Morgan fingerprint density at radius 3 is 2.56 bits per heavy atom. The Kier molecular flexibility index (Phi) is 6.95. The zero-order valence-corrected chi connectivity index (χ0v) is 20.1. The molecule has 0 saturated heterocycles. The summed E-state index contributed by atoms with van der Waals surface area (Å²) in [5.41, 5.74) is 2.99. The van der Waals surface area contributed by atoms with E-state index < -0.39 is 0 Å². The van der Waals surface area contributed by atoms with E-state index in [4.69, 9.17) is 4.74 Å². The highest BCUT2D eigenvalue weighted by Crippen LogP contribution is 2.28. The highest BCUT2D eigenvalue weighted by atomic mass is 32.2. The van der Waals surface area contributed by atoms with Crippen LogP contribution < -0.4 is 10.1 Å². The molecule has 9 nitrogen and oxygen atoms in total. The van der Waals surface area contributed by atoms with Gasteiger partial charge in [-0.05, 0) is 71.4 Å². The van der Waals surface area contributed by atoms with E-state index in [0.29, 0.717) is 28.6 Å². The summed E-state index contributed by atoms with van der Waals surface area (Å²) < 4.78 is 7.37. The number of hydrogen-bond acceptors (Lipinski definition) is 8. The Bertz CT molecular complexity index is 1480. The van der Waals surface area contributed by atoms with Gasteiger partial charge in [0.1, 0.15) is 5.75 Å². The molecule has 0 bridgehead atoms. The molecule has 5 aromatic rings. The van der Waals surface area contributed by atoms with Gasteiger partial charge in [0, 0.05) is 23.0 Å². The molecule has 10 heteroatoms. The SMILES string of the molecule is Cc1cc(Oc2ncccn2)ccc1NC(=O)c1ccccc1SCc1nnnn1-c1ccccc1. The molecule has 3 aromatic carbocycles. The van der Waals surface area contributed by atoms with Gasteiger partial charge in [0.2, 0.25) is 0 Å². The topological polar surface area (TPSA) is 108 Å². The molecular weight excluding hydrogens is 474 g/mol. The van der Waals surface area contributed by atoms with Crippen LogP contribution in [0.2, 0.25) is 0 Å². The Morgan fingerprint density at radius 1 is 0.972 bits per heavy atom. The molecule has 0 aliphatic carbocycles. The fourth-order valence-corrected chi connectivity index (χ4v) is 4.42. The maximum atomic E-state index is 13.2. The van der Waals surface area contributed by atoms with E-state index in [0.717, 1.165) is 16.1 Å². The zero-order valence-electron chi connectivity index (χ0n) is 19.3. The van der Waals surface area contributed by atoms with Crippen molar-refractivity contribution in [3.8, 4) is 17.4 Å². The van der Waals surface area contributed by atoms with Crippen LogP contribution in [0.15, 0.2) is 96.2 Å². The summed E-state index contributed by atoms with van der Waals surface area (Å²) >= 11 is 1.50. The van der Waals surface area contributed by atoms with Gasteiger partial charge >= 0.3 is 6.01 Å². The fourth-order valence-electron chi connectivity index (χ4n) is 3.46. The van der Waals surface area contributed by atoms with Crippen molar-refractivity contribution in [3.63, 3.8) is 0 Å². The first kappa shape index (κ1) is 23.2. The summed E-state index contributed by atoms with van der Waals surface area (Å²) in [4.78, 5) is 22.1. The molecule has 0 atom stereocenters. The van der Waals surface area contributed by atoms with Crippen molar-refractivity contribution in [3.05, 3.63) is 108 Å². The number of nitrogens with one attached hydrogen (secondary N) is 1. The van der Waals surface area contributed by atoms with Crippen LogP contribution in [0.1, 0.15) is 21.7 Å². The lowest BCUT2D eigenvalue weighted by atomic mass is 10.1. The number of carbonyl (C=O) groups excluding carboxylic acids is 1. The zero-order chi connectivity index (χ0) is 24.7. The average molecular weight is 496 g/mol. The summed E-state index contributed by atoms with van der Waals surface area (Å²) in [7, 11) is 0. The van der Waals surface area contributed by atoms with E-state index in [1.807, 2.05) is 61.5 Å². The molecule has 36 heavy (non-hydrogen) atoms. The number of benzene rings is 3. The molecule has 0 aliphatic rings. The molecule has 0 saturated carbocycles. The Balaban J connectivity index is 1.28. The van der Waals surface area contributed by atoms with Crippen molar-refractivity contribution in [2.75, 3.05) is 5.32 Å². The number of aromatic nitrogens is 6. The van der Waals surface area contributed by atoms with Gasteiger partial charge in [-0.3, -0.25) is 4.79 Å². The lowest BCUT2D eigenvalue weighted by Crippen LogP contribution is -2.14. The number of thioether (sulfide) groups is 1. The minimum absolute atomic E-state index is 0.205. The smallest absolute Gasteiger partial charge is 0.321 e. The van der Waals surface area contributed by atoms with Crippen molar-refractivity contribution < 1.29 is 9.53 Å². The van der Waals surface area contributed by atoms with Crippen molar-refractivity contribution in [2.24, 2.45) is 0 Å². The Labute approximate surface area is 211 Å². The summed E-state index contributed by atoms with van der Waals surface area (Å²) in [5.74, 6) is 1.57. The maximum Gasteiger partial charge on any atom is 0.321 e. The largest absolute Gasteiger partial charge is 0.424 e. The van der Waals surface area contributed by atoms with Crippen molar-refractivity contribution >= 4 is 23.4 Å². The average Bonchev–Trinajstić information content (AvgIpc) is 3.39. The van der Waals surface area contributed by atoms with Crippen LogP contribution in [0.25, 0.3) is 5.69 Å². The van der Waals surface area contributed by atoms with Crippen LogP contribution >= 0.6 is 11.8 Å². The third-order valence-corrected chi connectivity index (χ3v) is 6.29. The molecule has 1 N–H and O–H groups in total. The van der Waals surface area contributed by atoms with Crippen LogP contribution in [0, 0.1) is 6.92 Å². The normalized spacial score (nSPS) is 10.7. The molecule has 0 spiro atoms. The van der Waals surface area contributed by atoms with E-state index in [1.165, 1.54) is 11.8 Å². The molecule has 2 aromatic heterocycles. The first-order chi connectivity index (χ1) is 17.7. The van der Waals surface area contributed by atoms with Crippen molar-refractivity contribution in [2.45, 2.75) is 17.6 Å². The number of carbonyl (C=O) groups is 1. The first-order valence-electron chi connectivity index (χ1n) is 11.1. The van der Waals surface area contributed by atoms with E-state index >= 15 is 0 Å². The fraction of sp³-hybridized carbons (Fsp3) is 0.0769. The maximum absolute atomic E-state index is 13.2. The van der Waals surface area contributed by atoms with Crippen LogP contribution in [0.3, 0.4) is 0 Å². The van der Waals surface area contributed by atoms with E-state index in [1.54, 1.807) is 41.3 Å². The lowest BCUT2D eigenvalue weighted by Gasteiger charge is -2.13. The molecule has 5 rings (SSSR count). The van der Waals surface area contributed by atoms with Gasteiger partial charge in [0.15, 0.2) is 5.82 Å². The number of rotatable bonds is 8. The van der Waals surface area contributed by atoms with Crippen LogP contribution in [-0.4, -0.2) is 36.1 Å². The molecule has 0 unspecified atom stereocenters. The van der Waals surface area contributed by atoms with Crippen LogP contribution in [-0.2, 0) is 5.75 Å². The van der Waals surface area contributed by atoms with E-state index in [-0.39, 0.29) is 11.9 Å². The summed E-state index contributed by atoms with van der Waals surface area (Å²) in [6, 6.07) is 24.5. The Morgan fingerprint density at radius 2 is 1.75 bits per heavy atom. The number of anilines is 1. The highest BCUT2D eigenvalue weighted by molar-refractivity contribution is 7.98. The van der Waals surface area contributed by atoms with E-state index in [9.17, 15) is 4.79 Å². The summed E-state index contributed by atoms with van der Waals surface area (Å²) in [5, 5.41) is 15.1. The van der Waals surface area contributed by atoms with Crippen molar-refractivity contribution in [1.82, 2.24) is 30.2 Å². The standard InChI is InChI=1S/C26H21N7O2S/c1-18-16-20(35-26-27-14-7-15-28-26)12-13-22(18)29-25(34)21-10-5-6-11-23(21)36-17-24-30-31-32-33(24)19-8-3-2-4-9-19/h2-16H,17H2,1H3,(H,29,34). The lowest BCUT2D eigenvalue weighted by molar-refractivity contribution is 0.102. The molecule has 2 heterocycles. The number of ether oxygens (including phenoxy) is 1. The third-order valence-electron chi connectivity index (χ3n) is 5.22. The number of tetrazole rings is 1. The summed E-state index contributed by atoms with van der Waals surface area (Å²) in [6.45, 7) is 1.90. The van der Waals surface area contributed by atoms with Gasteiger partial charge in [-0.1, -0.05) is 30.3 Å². The number of amides is 1. The molecule has 0 fully saturated rings. The minimum Gasteiger partial charge on any atom is -0.424 e. The predicted molar refractivity (Wildman–Crippen MR) is 136 cm³/mol. The second-order valence-electron chi connectivity index (χ2n) is 7.69. The second kappa shape index (κ2) is 10.8. The Hall–Kier alpha value is -4.57. The molecular formula is C26H21N7O2S. The van der Waals surface area contributed by atoms with Gasteiger partial charge in [0.25, 0.3) is 5.91 Å². The van der Waals surface area contributed by atoms with Gasteiger partial charge < -0.3 is 10.1 Å². The summed E-state index contributed by atoms with van der Waals surface area (Å²) in [6.07, 6.45) is 3.22. The number of hydrogen-bond donors (Lipinski definition) is 1. The van der Waals surface area contributed by atoms with Gasteiger partial charge in [-0.25, -0.2) is 9.97 Å². The van der Waals surface area contributed by atoms with Crippen LogP contribution in [0.4, 0.5) is 5.69 Å². The quantitative estimate of drug-likeness (QED) is 0.296. The number of aryl methyl sites for hydroxylation is 1. The minimum atomic E-state index is -0.205. The predicted octanol–water partition coefficient (Wildman–Crippen LogP) is 5.10. The second-order valence-corrected chi connectivity index (χ2v) is 8.71. The van der Waals surface area contributed by atoms with Gasteiger partial charge in [0.05, 0.1) is 17.0 Å². The van der Waals surface area contributed by atoms with E-state index in [2.05, 4.69) is 30.8 Å². The first-order valence-corrected chi connectivity index (χ1v) is 12.1. The molecule has 0 radical (unpaired) electrons. The number of nitrogens with zero attached hydrogens (tertiary/aromatic N) is 6. The van der Waals surface area contributed by atoms with Crippen molar-refractivity contribution in [1.29, 1.82) is 0 Å². The van der Waals surface area contributed by atoms with Gasteiger partial charge in [-0.15, -0.1) is 16.9 Å². The van der Waals surface area contributed by atoms with Gasteiger partial charge in [-0.2, -0.15) is 4.68 Å².